The maximum absolute atomic E-state index is 12.8. The molecule has 4 rings (SSSR count). The standard InChI is InChI=1S/C24H28Cl2N4O/c1-15(28-24(31)30(3)18-9-12-29(2)13-10-18)19-5-6-20(23(26)22(19)25)16-4-7-21-17(14-16)8-11-27-21/h4-8,11,14-15,18,27H,9-10,12-13H2,1-3H3,(H,28,31). The number of benzene rings is 2. The zero-order valence-corrected chi connectivity index (χ0v) is 19.6. The van der Waals surface area contributed by atoms with Crippen LogP contribution in [0.1, 0.15) is 31.4 Å². The van der Waals surface area contributed by atoms with Gasteiger partial charge >= 0.3 is 6.03 Å². The maximum atomic E-state index is 12.8. The molecule has 1 atom stereocenters. The maximum Gasteiger partial charge on any atom is 0.317 e. The summed E-state index contributed by atoms with van der Waals surface area (Å²) in [7, 11) is 3.98. The lowest BCUT2D eigenvalue weighted by Gasteiger charge is -2.35. The number of urea groups is 1. The number of aromatic nitrogens is 1. The number of hydrogen-bond acceptors (Lipinski definition) is 2. The van der Waals surface area contributed by atoms with Crippen LogP contribution in [-0.4, -0.2) is 54.0 Å². The van der Waals surface area contributed by atoms with E-state index < -0.39 is 0 Å². The third-order valence-electron chi connectivity index (χ3n) is 6.34. The zero-order chi connectivity index (χ0) is 22.1. The number of halogens is 2. The number of hydrogen-bond donors (Lipinski definition) is 2. The lowest BCUT2D eigenvalue weighted by molar-refractivity contribution is 0.146. The van der Waals surface area contributed by atoms with Crippen LogP contribution in [-0.2, 0) is 0 Å². The number of nitrogens with one attached hydrogen (secondary N) is 2. The average Bonchev–Trinajstić information content (AvgIpc) is 3.23. The fourth-order valence-electron chi connectivity index (χ4n) is 4.26. The van der Waals surface area contributed by atoms with Crippen molar-refractivity contribution in [3.05, 3.63) is 58.2 Å². The third kappa shape index (κ3) is 4.54. The summed E-state index contributed by atoms with van der Waals surface area (Å²) in [5, 5.41) is 5.17. The number of piperidine rings is 1. The van der Waals surface area contributed by atoms with E-state index in [4.69, 9.17) is 23.2 Å². The van der Waals surface area contributed by atoms with Crippen molar-refractivity contribution in [2.45, 2.75) is 31.8 Å². The first kappa shape index (κ1) is 22.0. The minimum absolute atomic E-state index is 0.0868. The molecule has 1 aliphatic rings. The van der Waals surface area contributed by atoms with Crippen LogP contribution in [0.5, 0.6) is 0 Å². The Morgan fingerprint density at radius 2 is 1.90 bits per heavy atom. The number of rotatable bonds is 4. The summed E-state index contributed by atoms with van der Waals surface area (Å²) in [5.41, 5.74) is 3.76. The van der Waals surface area contributed by atoms with Crippen molar-refractivity contribution in [3.63, 3.8) is 0 Å². The van der Waals surface area contributed by atoms with Gasteiger partial charge < -0.3 is 20.1 Å². The van der Waals surface area contributed by atoms with Crippen molar-refractivity contribution < 1.29 is 4.79 Å². The van der Waals surface area contributed by atoms with E-state index in [9.17, 15) is 4.79 Å². The predicted octanol–water partition coefficient (Wildman–Crippen LogP) is 5.94. The quantitative estimate of drug-likeness (QED) is 0.508. The smallest absolute Gasteiger partial charge is 0.317 e. The van der Waals surface area contributed by atoms with Crippen LogP contribution in [0.15, 0.2) is 42.6 Å². The van der Waals surface area contributed by atoms with E-state index in [1.54, 1.807) is 0 Å². The molecule has 2 amide bonds. The van der Waals surface area contributed by atoms with Crippen LogP contribution in [0.3, 0.4) is 0 Å². The van der Waals surface area contributed by atoms with Crippen LogP contribution in [0.25, 0.3) is 22.0 Å². The Morgan fingerprint density at radius 1 is 1.16 bits per heavy atom. The third-order valence-corrected chi connectivity index (χ3v) is 7.24. The van der Waals surface area contributed by atoms with Gasteiger partial charge in [0.1, 0.15) is 0 Å². The predicted molar refractivity (Wildman–Crippen MR) is 129 cm³/mol. The Balaban J connectivity index is 1.50. The Morgan fingerprint density at radius 3 is 2.65 bits per heavy atom. The zero-order valence-electron chi connectivity index (χ0n) is 18.1. The highest BCUT2D eigenvalue weighted by molar-refractivity contribution is 6.44. The monoisotopic (exact) mass is 458 g/mol. The van der Waals surface area contributed by atoms with Gasteiger partial charge in [0.05, 0.1) is 16.1 Å². The molecule has 3 aromatic rings. The van der Waals surface area contributed by atoms with E-state index in [1.165, 1.54) is 0 Å². The number of nitrogens with zero attached hydrogens (tertiary/aromatic N) is 2. The van der Waals surface area contributed by atoms with Crippen molar-refractivity contribution in [1.29, 1.82) is 0 Å². The molecule has 164 valence electrons. The van der Waals surface area contributed by atoms with Gasteiger partial charge in [0.15, 0.2) is 0 Å². The normalized spacial score (nSPS) is 16.4. The highest BCUT2D eigenvalue weighted by Crippen LogP contribution is 2.38. The molecule has 0 aliphatic carbocycles. The molecule has 0 saturated carbocycles. The van der Waals surface area contributed by atoms with E-state index in [-0.39, 0.29) is 18.1 Å². The lowest BCUT2D eigenvalue weighted by Crippen LogP contribution is -2.48. The summed E-state index contributed by atoms with van der Waals surface area (Å²) in [6.07, 6.45) is 3.89. The van der Waals surface area contributed by atoms with Crippen LogP contribution in [0.2, 0.25) is 10.0 Å². The molecule has 1 fully saturated rings. The molecule has 2 heterocycles. The number of fused-ring (bicyclic) bond motifs is 1. The molecule has 0 radical (unpaired) electrons. The van der Waals surface area contributed by atoms with Gasteiger partial charge in [0.2, 0.25) is 0 Å². The van der Waals surface area contributed by atoms with Crippen LogP contribution >= 0.6 is 23.2 Å². The highest BCUT2D eigenvalue weighted by Gasteiger charge is 2.25. The van der Waals surface area contributed by atoms with Gasteiger partial charge in [-0.2, -0.15) is 0 Å². The molecular weight excluding hydrogens is 431 g/mol. The average molecular weight is 459 g/mol. The SMILES string of the molecule is CC(NC(=O)N(C)C1CCN(C)CC1)c1ccc(-c2ccc3[nH]ccc3c2)c(Cl)c1Cl. The Hall–Kier alpha value is -2.21. The first-order valence-corrected chi connectivity index (χ1v) is 11.4. The molecule has 0 spiro atoms. The molecule has 2 N–H and O–H groups in total. The summed E-state index contributed by atoms with van der Waals surface area (Å²) in [5.74, 6) is 0. The molecule has 1 aliphatic heterocycles. The molecular formula is C24H28Cl2N4O. The summed E-state index contributed by atoms with van der Waals surface area (Å²) in [6.45, 7) is 3.95. The van der Waals surface area contributed by atoms with Gasteiger partial charge in [-0.15, -0.1) is 0 Å². The number of carbonyl (C=O) groups excluding carboxylic acids is 1. The molecule has 1 saturated heterocycles. The van der Waals surface area contributed by atoms with Crippen LogP contribution in [0.4, 0.5) is 4.79 Å². The topological polar surface area (TPSA) is 51.4 Å². The van der Waals surface area contributed by atoms with Gasteiger partial charge in [-0.3, -0.25) is 0 Å². The van der Waals surface area contributed by atoms with Gasteiger partial charge in [-0.25, -0.2) is 4.79 Å². The van der Waals surface area contributed by atoms with Crippen molar-refractivity contribution in [2.75, 3.05) is 27.2 Å². The number of H-pyrrole nitrogens is 1. The largest absolute Gasteiger partial charge is 0.361 e. The molecule has 0 bridgehead atoms. The van der Waals surface area contributed by atoms with Crippen molar-refractivity contribution >= 4 is 40.1 Å². The number of carbonyl (C=O) groups is 1. The Bertz CT molecular complexity index is 1090. The van der Waals surface area contributed by atoms with E-state index in [0.717, 1.165) is 53.5 Å². The molecule has 1 unspecified atom stereocenters. The van der Waals surface area contributed by atoms with Crippen LogP contribution < -0.4 is 5.32 Å². The number of likely N-dealkylation sites (tertiary alicyclic amines) is 1. The fraction of sp³-hybridized carbons (Fsp3) is 0.375. The highest BCUT2D eigenvalue weighted by atomic mass is 35.5. The fourth-order valence-corrected chi connectivity index (χ4v) is 4.87. The first-order valence-electron chi connectivity index (χ1n) is 10.6. The van der Waals surface area contributed by atoms with Gasteiger partial charge in [0, 0.05) is 30.4 Å². The molecule has 2 aromatic carbocycles. The van der Waals surface area contributed by atoms with Crippen molar-refractivity contribution in [3.8, 4) is 11.1 Å². The Labute approximate surface area is 193 Å². The summed E-state index contributed by atoms with van der Waals surface area (Å²) in [4.78, 5) is 20.1. The molecule has 1 aromatic heterocycles. The second-order valence-electron chi connectivity index (χ2n) is 8.43. The molecule has 7 heteroatoms. The summed E-state index contributed by atoms with van der Waals surface area (Å²) in [6, 6.07) is 12.0. The lowest BCUT2D eigenvalue weighted by atomic mass is 10.00. The van der Waals surface area contributed by atoms with Gasteiger partial charge in [-0.1, -0.05) is 41.4 Å². The minimum Gasteiger partial charge on any atom is -0.361 e. The van der Waals surface area contributed by atoms with Gasteiger partial charge in [0.25, 0.3) is 0 Å². The van der Waals surface area contributed by atoms with Crippen LogP contribution in [0, 0.1) is 0 Å². The van der Waals surface area contributed by atoms with E-state index in [1.807, 2.05) is 55.4 Å². The molecule has 31 heavy (non-hydrogen) atoms. The summed E-state index contributed by atoms with van der Waals surface area (Å²) < 4.78 is 0. The first-order chi connectivity index (χ1) is 14.8. The van der Waals surface area contributed by atoms with Crippen molar-refractivity contribution in [1.82, 2.24) is 20.1 Å². The summed E-state index contributed by atoms with van der Waals surface area (Å²) >= 11 is 13.3. The number of aromatic amines is 1. The van der Waals surface area contributed by atoms with E-state index in [2.05, 4.69) is 28.3 Å². The van der Waals surface area contributed by atoms with E-state index in [0.29, 0.717) is 10.0 Å². The minimum atomic E-state index is -0.257. The second kappa shape index (κ2) is 9.11. The van der Waals surface area contributed by atoms with Gasteiger partial charge in [-0.05, 0) is 74.6 Å². The number of amides is 2. The Kier molecular flexibility index (Phi) is 6.47. The van der Waals surface area contributed by atoms with Crippen molar-refractivity contribution in [2.24, 2.45) is 0 Å². The van der Waals surface area contributed by atoms with E-state index >= 15 is 0 Å². The second-order valence-corrected chi connectivity index (χ2v) is 9.18. The molecule has 5 nitrogen and oxygen atoms in total.